The molecule has 2 bridgehead atoms. The Bertz CT molecular complexity index is 1690. The average molecular weight is 511 g/mol. The highest BCUT2D eigenvalue weighted by molar-refractivity contribution is 5.96. The van der Waals surface area contributed by atoms with Crippen LogP contribution >= 0.6 is 0 Å². The van der Waals surface area contributed by atoms with E-state index < -0.39 is 10.8 Å². The summed E-state index contributed by atoms with van der Waals surface area (Å²) in [6.45, 7) is 6.22. The molecule has 2 aliphatic carbocycles. The van der Waals surface area contributed by atoms with Crippen LogP contribution in [0.4, 0.5) is 5.95 Å². The van der Waals surface area contributed by atoms with Crippen molar-refractivity contribution in [3.63, 3.8) is 0 Å². The number of rotatable bonds is 4. The van der Waals surface area contributed by atoms with E-state index >= 15 is 0 Å². The van der Waals surface area contributed by atoms with E-state index in [9.17, 15) is 10.1 Å². The summed E-state index contributed by atoms with van der Waals surface area (Å²) in [5, 5.41) is 20.6. The smallest absolute Gasteiger partial charge is 0.249 e. The second kappa shape index (κ2) is 9.34. The quantitative estimate of drug-likeness (QED) is 0.344. The molecule has 4 aromatic rings. The number of nitrogens with one attached hydrogen (secondary N) is 2. The van der Waals surface area contributed by atoms with Crippen molar-refractivity contribution in [1.29, 1.82) is 5.26 Å². The van der Waals surface area contributed by atoms with Gasteiger partial charge in [-0.2, -0.15) is 10.2 Å². The molecule has 2 heterocycles. The monoisotopic (exact) mass is 510 g/mol. The predicted octanol–water partition coefficient (Wildman–Crippen LogP) is 6.11. The number of amides is 1. The number of H-pyrrole nitrogens is 1. The molecule has 0 saturated heterocycles. The summed E-state index contributed by atoms with van der Waals surface area (Å²) in [7, 11) is 0. The molecular weight excluding hydrogens is 484 g/mol. The summed E-state index contributed by atoms with van der Waals surface area (Å²) in [6.07, 6.45) is 11.4. The average Bonchev–Trinajstić information content (AvgIpc) is 3.46. The third kappa shape index (κ3) is 4.07. The van der Waals surface area contributed by atoms with E-state index in [0.29, 0.717) is 12.2 Å². The molecule has 190 valence electrons. The summed E-state index contributed by atoms with van der Waals surface area (Å²) in [5.74, 6) is 0.128. The van der Waals surface area contributed by atoms with Gasteiger partial charge in [0.15, 0.2) is 5.82 Å². The lowest BCUT2D eigenvalue weighted by molar-refractivity contribution is -0.126. The van der Waals surface area contributed by atoms with Gasteiger partial charge >= 0.3 is 0 Å². The fourth-order valence-electron chi connectivity index (χ4n) is 5.95. The molecular formula is C32H26N6O. The van der Waals surface area contributed by atoms with Crippen molar-refractivity contribution < 1.29 is 4.79 Å². The largest absolute Gasteiger partial charge is 0.293 e. The van der Waals surface area contributed by atoms with Gasteiger partial charge in [0.2, 0.25) is 11.9 Å². The topological polar surface area (TPSA) is 107 Å². The highest BCUT2D eigenvalue weighted by Crippen LogP contribution is 2.56. The van der Waals surface area contributed by atoms with Crippen molar-refractivity contribution in [3.8, 4) is 28.6 Å². The second-order valence-corrected chi connectivity index (χ2v) is 10.3. The van der Waals surface area contributed by atoms with Crippen molar-refractivity contribution in [2.75, 3.05) is 5.32 Å². The highest BCUT2D eigenvalue weighted by atomic mass is 16.2. The second-order valence-electron chi connectivity index (χ2n) is 10.3. The van der Waals surface area contributed by atoms with Gasteiger partial charge in [0.05, 0.1) is 11.5 Å². The molecule has 0 fully saturated rings. The van der Waals surface area contributed by atoms with Crippen LogP contribution in [0.1, 0.15) is 30.4 Å². The van der Waals surface area contributed by atoms with Gasteiger partial charge in [-0.25, -0.2) is 0 Å². The van der Waals surface area contributed by atoms with E-state index in [4.69, 9.17) is 0 Å². The Balaban J connectivity index is 1.34. The van der Waals surface area contributed by atoms with Gasteiger partial charge in [0.1, 0.15) is 5.41 Å². The molecule has 1 amide bonds. The van der Waals surface area contributed by atoms with Gasteiger partial charge in [-0.05, 0) is 47.7 Å². The molecule has 7 nitrogen and oxygen atoms in total. The maximum Gasteiger partial charge on any atom is 0.249 e. The minimum Gasteiger partial charge on any atom is -0.293 e. The Morgan fingerprint density at radius 3 is 2.74 bits per heavy atom. The molecule has 0 aliphatic heterocycles. The zero-order chi connectivity index (χ0) is 27.0. The standard InChI is InChI=1S/C32H26N6O/c1-21-9-5-6-15-32(20-33)19-31(2,27(21)25-13-3-4-14-26(25)32)29(39)36-30-35-28(37-38-30)23-11-7-10-22(17-23)24-12-8-16-34-18-24/h3-18,27H,1,19H2,2H3,(H2,35,36,37,38,39)/b9-5?,15-6-. The first-order chi connectivity index (χ1) is 18.9. The van der Waals surface area contributed by atoms with Crippen molar-refractivity contribution >= 4 is 11.9 Å². The minimum atomic E-state index is -0.985. The number of nitriles is 1. The Hall–Kier alpha value is -5.09. The molecule has 3 atom stereocenters. The van der Waals surface area contributed by atoms with Gasteiger partial charge in [-0.15, -0.1) is 5.10 Å². The minimum absolute atomic E-state index is 0.176. The molecule has 7 heteroatoms. The number of fused-ring (bicyclic) bond motifs is 6. The van der Waals surface area contributed by atoms with E-state index in [1.165, 1.54) is 0 Å². The van der Waals surface area contributed by atoms with Crippen LogP contribution in [0.25, 0.3) is 22.5 Å². The Morgan fingerprint density at radius 1 is 1.10 bits per heavy atom. The van der Waals surface area contributed by atoms with Gasteiger partial charge in [0.25, 0.3) is 0 Å². The maximum absolute atomic E-state index is 14.0. The first-order valence-electron chi connectivity index (χ1n) is 12.7. The number of benzene rings is 2. The van der Waals surface area contributed by atoms with Crippen LogP contribution in [0.3, 0.4) is 0 Å². The number of hydrogen-bond donors (Lipinski definition) is 2. The van der Waals surface area contributed by atoms with Gasteiger partial charge < -0.3 is 0 Å². The lowest BCUT2D eigenvalue weighted by Crippen LogP contribution is -2.48. The van der Waals surface area contributed by atoms with Crippen LogP contribution in [-0.2, 0) is 10.2 Å². The Labute approximate surface area is 226 Å². The number of allylic oxidation sites excluding steroid dienone is 5. The highest BCUT2D eigenvalue weighted by Gasteiger charge is 2.54. The van der Waals surface area contributed by atoms with Crippen LogP contribution in [-0.4, -0.2) is 26.1 Å². The van der Waals surface area contributed by atoms with Crippen molar-refractivity contribution in [3.05, 3.63) is 121 Å². The molecule has 2 aromatic carbocycles. The molecule has 3 unspecified atom stereocenters. The van der Waals surface area contributed by atoms with Crippen LogP contribution in [0.5, 0.6) is 0 Å². The Morgan fingerprint density at radius 2 is 1.92 bits per heavy atom. The maximum atomic E-state index is 14.0. The molecule has 2 aliphatic rings. The lowest BCUT2D eigenvalue weighted by atomic mass is 9.54. The van der Waals surface area contributed by atoms with Crippen LogP contribution in [0.2, 0.25) is 0 Å². The number of pyridine rings is 1. The predicted molar refractivity (Wildman–Crippen MR) is 150 cm³/mol. The van der Waals surface area contributed by atoms with Gasteiger partial charge in [-0.1, -0.05) is 79.4 Å². The van der Waals surface area contributed by atoms with Gasteiger partial charge in [0, 0.05) is 29.4 Å². The fraction of sp³-hybridized carbons (Fsp3) is 0.156. The molecule has 0 saturated carbocycles. The van der Waals surface area contributed by atoms with E-state index in [1.807, 2.05) is 91.9 Å². The number of carbonyl (C=O) groups excluding carboxylic acids is 1. The molecule has 2 N–H and O–H groups in total. The zero-order valence-corrected chi connectivity index (χ0v) is 21.4. The van der Waals surface area contributed by atoms with Crippen molar-refractivity contribution in [1.82, 2.24) is 20.2 Å². The van der Waals surface area contributed by atoms with Crippen molar-refractivity contribution in [2.45, 2.75) is 24.7 Å². The van der Waals surface area contributed by atoms with E-state index in [0.717, 1.165) is 33.4 Å². The normalized spacial score (nSPS) is 24.1. The number of hydrogen-bond acceptors (Lipinski definition) is 5. The molecule has 0 radical (unpaired) electrons. The summed E-state index contributed by atoms with van der Waals surface area (Å²) in [4.78, 5) is 22.8. The number of aromatic nitrogens is 4. The first kappa shape index (κ1) is 24.3. The van der Waals surface area contributed by atoms with Crippen molar-refractivity contribution in [2.24, 2.45) is 5.41 Å². The number of carbonyl (C=O) groups is 1. The zero-order valence-electron chi connectivity index (χ0n) is 21.4. The third-order valence-corrected chi connectivity index (χ3v) is 7.77. The first-order valence-corrected chi connectivity index (χ1v) is 12.7. The van der Waals surface area contributed by atoms with E-state index in [2.05, 4.69) is 38.1 Å². The molecule has 6 rings (SSSR count). The summed E-state index contributed by atoms with van der Waals surface area (Å²) in [5.41, 5.74) is 3.54. The van der Waals surface area contributed by atoms with Crippen LogP contribution < -0.4 is 5.32 Å². The number of aromatic amines is 1. The lowest BCUT2D eigenvalue weighted by Gasteiger charge is -2.47. The van der Waals surface area contributed by atoms with E-state index in [-0.39, 0.29) is 17.8 Å². The van der Waals surface area contributed by atoms with Gasteiger partial charge in [-0.3, -0.25) is 20.2 Å². The number of anilines is 1. The molecule has 0 spiro atoms. The van der Waals surface area contributed by atoms with E-state index in [1.54, 1.807) is 12.4 Å². The summed E-state index contributed by atoms with van der Waals surface area (Å²) < 4.78 is 0. The molecule has 2 aromatic heterocycles. The van der Waals surface area contributed by atoms with Crippen LogP contribution in [0.15, 0.2) is 110 Å². The fourth-order valence-corrected chi connectivity index (χ4v) is 5.95. The summed E-state index contributed by atoms with van der Waals surface area (Å²) >= 11 is 0. The number of nitrogens with zero attached hydrogens (tertiary/aromatic N) is 4. The molecule has 39 heavy (non-hydrogen) atoms. The summed E-state index contributed by atoms with van der Waals surface area (Å²) in [6, 6.07) is 22.1. The van der Waals surface area contributed by atoms with Crippen LogP contribution in [0, 0.1) is 16.7 Å². The SMILES string of the molecule is C=C1C=C/C=C\C2(C#N)CC(C)(C(=O)Nc3n[nH]c(-c4cccc(-c5cccnc5)c4)n3)C1c1ccccc12. The Kier molecular flexibility index (Phi) is 5.81. The third-order valence-electron chi connectivity index (χ3n) is 7.77.